The maximum absolute atomic E-state index is 14.0. The van der Waals surface area contributed by atoms with E-state index < -0.39 is 40.8 Å². The van der Waals surface area contributed by atoms with Crippen molar-refractivity contribution >= 4 is 29.0 Å². The van der Waals surface area contributed by atoms with Gasteiger partial charge in [0, 0.05) is 56.0 Å². The summed E-state index contributed by atoms with van der Waals surface area (Å²) in [7, 11) is 0. The zero-order valence-electron chi connectivity index (χ0n) is 29.3. The number of rotatable bonds is 12. The molecule has 3 aliphatic rings. The molecule has 6 rings (SSSR count). The van der Waals surface area contributed by atoms with E-state index in [4.69, 9.17) is 10.1 Å². The van der Waals surface area contributed by atoms with Crippen LogP contribution in [0.15, 0.2) is 41.0 Å². The van der Waals surface area contributed by atoms with Crippen molar-refractivity contribution in [2.45, 2.75) is 103 Å². The molecule has 51 heavy (non-hydrogen) atoms. The highest BCUT2D eigenvalue weighted by Gasteiger charge is 2.41. The molecule has 1 aliphatic heterocycles. The van der Waals surface area contributed by atoms with Gasteiger partial charge in [0.2, 0.25) is 0 Å². The summed E-state index contributed by atoms with van der Waals surface area (Å²) >= 11 is 0. The van der Waals surface area contributed by atoms with Crippen LogP contribution >= 0.6 is 0 Å². The number of alkyl halides is 6. The van der Waals surface area contributed by atoms with E-state index in [9.17, 15) is 36.2 Å². The minimum atomic E-state index is -5.03. The van der Waals surface area contributed by atoms with Crippen molar-refractivity contribution in [1.29, 1.82) is 0 Å². The Morgan fingerprint density at radius 2 is 1.55 bits per heavy atom. The van der Waals surface area contributed by atoms with Crippen LogP contribution in [0.5, 0.6) is 0 Å². The molecule has 2 aliphatic carbocycles. The van der Waals surface area contributed by atoms with E-state index >= 15 is 0 Å². The maximum atomic E-state index is 14.0. The number of fused-ring (bicyclic) bond motifs is 1. The molecule has 0 spiro atoms. The number of aryl methyl sites for hydroxylation is 1. The number of nitrogens with one attached hydrogen (secondary N) is 1. The fraction of sp³-hybridized carbons (Fsp3) is 0.556. The number of benzene rings is 1. The molecule has 0 amide bonds. The van der Waals surface area contributed by atoms with E-state index in [1.165, 1.54) is 6.20 Å². The highest BCUT2D eigenvalue weighted by atomic mass is 19.4. The number of carbonyl (C=O) groups is 1. The molecular weight excluding hydrogens is 676 g/mol. The first-order valence-corrected chi connectivity index (χ1v) is 17.2. The van der Waals surface area contributed by atoms with E-state index in [1.807, 2.05) is 38.4 Å². The Balaban J connectivity index is 1.52. The van der Waals surface area contributed by atoms with E-state index in [0.29, 0.717) is 28.9 Å². The molecule has 276 valence electrons. The van der Waals surface area contributed by atoms with E-state index in [0.717, 1.165) is 68.2 Å². The number of aromatic nitrogens is 3. The van der Waals surface area contributed by atoms with Gasteiger partial charge in [-0.3, -0.25) is 4.90 Å². The molecule has 3 aromatic rings. The number of nitrogens with zero attached hydrogens (tertiary/aromatic N) is 6. The van der Waals surface area contributed by atoms with Crippen molar-refractivity contribution in [3.63, 3.8) is 0 Å². The van der Waals surface area contributed by atoms with Gasteiger partial charge in [-0.15, -0.1) is 0 Å². The average Bonchev–Trinajstić information content (AvgIpc) is 3.99. The highest BCUT2D eigenvalue weighted by Crippen LogP contribution is 2.40. The molecule has 9 nitrogen and oxygen atoms in total. The van der Waals surface area contributed by atoms with Crippen LogP contribution in [-0.4, -0.2) is 55.8 Å². The lowest BCUT2D eigenvalue weighted by Crippen LogP contribution is -2.56. The van der Waals surface area contributed by atoms with Gasteiger partial charge in [0.1, 0.15) is 5.82 Å². The number of hydrogen-bond acceptors (Lipinski definition) is 7. The van der Waals surface area contributed by atoms with Crippen molar-refractivity contribution in [3.8, 4) is 0 Å². The van der Waals surface area contributed by atoms with E-state index in [1.54, 1.807) is 11.8 Å². The number of hydrogen-bond donors (Lipinski definition) is 2. The molecule has 2 fully saturated rings. The monoisotopic (exact) mass is 719 g/mol. The van der Waals surface area contributed by atoms with Crippen molar-refractivity contribution in [2.75, 3.05) is 18.0 Å². The van der Waals surface area contributed by atoms with Crippen molar-refractivity contribution in [2.24, 2.45) is 16.8 Å². The SMILES string of the molecule is CCC1(N(Cc2cc(C(F)(F)F)cc(C(F)(F)F)c2)Cc2cc3c(C)nn(C(C)(C)C)c3nc2N(CC2CC2)CC2CC2)N=CC(C(=O)O)=CN1. The van der Waals surface area contributed by atoms with Gasteiger partial charge in [0.15, 0.2) is 11.4 Å². The van der Waals surface area contributed by atoms with Crippen LogP contribution in [-0.2, 0) is 35.8 Å². The summed E-state index contributed by atoms with van der Waals surface area (Å²) < 4.78 is 85.7. The predicted molar refractivity (Wildman–Crippen MR) is 181 cm³/mol. The van der Waals surface area contributed by atoms with Gasteiger partial charge < -0.3 is 15.3 Å². The number of carboxylic acids is 1. The van der Waals surface area contributed by atoms with Crippen LogP contribution < -0.4 is 10.2 Å². The lowest BCUT2D eigenvalue weighted by Gasteiger charge is -2.42. The van der Waals surface area contributed by atoms with Crippen molar-refractivity contribution < 1.29 is 36.2 Å². The number of aliphatic carboxylic acids is 1. The Labute approximate surface area is 292 Å². The van der Waals surface area contributed by atoms with Gasteiger partial charge in [0.25, 0.3) is 0 Å². The molecule has 1 aromatic carbocycles. The largest absolute Gasteiger partial charge is 0.478 e. The van der Waals surface area contributed by atoms with Crippen molar-refractivity contribution in [3.05, 3.63) is 64.0 Å². The normalized spacial score (nSPS) is 19.8. The minimum Gasteiger partial charge on any atom is -0.478 e. The summed E-state index contributed by atoms with van der Waals surface area (Å²) in [5, 5.41) is 18.2. The summed E-state index contributed by atoms with van der Waals surface area (Å²) in [6.07, 6.45) is -3.06. The maximum Gasteiger partial charge on any atom is 0.416 e. The smallest absolute Gasteiger partial charge is 0.416 e. The molecule has 3 heterocycles. The van der Waals surface area contributed by atoms with Gasteiger partial charge in [-0.25, -0.2) is 19.5 Å². The number of halogens is 6. The third kappa shape index (κ3) is 8.02. The zero-order chi connectivity index (χ0) is 37.1. The van der Waals surface area contributed by atoms with Gasteiger partial charge in [0.05, 0.1) is 27.9 Å². The second-order valence-corrected chi connectivity index (χ2v) is 15.0. The van der Waals surface area contributed by atoms with Crippen LogP contribution in [0.1, 0.15) is 87.7 Å². The Bertz CT molecular complexity index is 1820. The van der Waals surface area contributed by atoms with Gasteiger partial charge in [-0.2, -0.15) is 31.4 Å². The molecule has 0 radical (unpaired) electrons. The van der Waals surface area contributed by atoms with Crippen LogP contribution in [0, 0.1) is 18.8 Å². The first kappa shape index (κ1) is 36.6. The molecule has 2 N–H and O–H groups in total. The summed E-state index contributed by atoms with van der Waals surface area (Å²) in [6.45, 7) is 10.9. The van der Waals surface area contributed by atoms with Crippen LogP contribution in [0.2, 0.25) is 0 Å². The number of anilines is 1. The minimum absolute atomic E-state index is 0.0102. The molecule has 2 saturated carbocycles. The third-order valence-electron chi connectivity index (χ3n) is 9.71. The second-order valence-electron chi connectivity index (χ2n) is 15.0. The first-order chi connectivity index (χ1) is 23.8. The summed E-state index contributed by atoms with van der Waals surface area (Å²) in [5.41, 5.74) is -1.49. The second kappa shape index (κ2) is 13.1. The Hall–Kier alpha value is -4.14. The van der Waals surface area contributed by atoms with Gasteiger partial charge in [-0.1, -0.05) is 6.92 Å². The standard InChI is InChI=1S/C36H43F6N7O2/c1-6-34(43-15-26(16-44-34)32(50)51)48(19-24-11-27(35(37,38)39)14-28(12-24)36(40,41)42)20-25-13-29-21(2)46-49(33(3,4)5)31(29)45-30(25)47(17-22-7-8-22)18-23-9-10-23/h11-16,22-23,43H,6-10,17-20H2,1-5H3,(H,50,51). The summed E-state index contributed by atoms with van der Waals surface area (Å²) in [6, 6.07) is 3.54. The zero-order valence-corrected chi connectivity index (χ0v) is 29.3. The van der Waals surface area contributed by atoms with Crippen molar-refractivity contribution in [1.82, 2.24) is 25.0 Å². The van der Waals surface area contributed by atoms with Crippen LogP contribution in [0.25, 0.3) is 11.0 Å². The molecule has 15 heteroatoms. The van der Waals surface area contributed by atoms with Crippen LogP contribution in [0.3, 0.4) is 0 Å². The molecule has 1 atom stereocenters. The lowest BCUT2D eigenvalue weighted by atomic mass is 10.0. The molecule has 2 aromatic heterocycles. The number of carboxylic acid groups (broad SMARTS) is 1. The third-order valence-corrected chi connectivity index (χ3v) is 9.71. The van der Waals surface area contributed by atoms with Gasteiger partial charge >= 0.3 is 18.3 Å². The highest BCUT2D eigenvalue weighted by molar-refractivity contribution is 6.08. The van der Waals surface area contributed by atoms with Gasteiger partial charge in [-0.05, 0) is 95.0 Å². The number of pyridine rings is 1. The lowest BCUT2D eigenvalue weighted by molar-refractivity contribution is -0.143. The first-order valence-electron chi connectivity index (χ1n) is 17.2. The quantitative estimate of drug-likeness (QED) is 0.184. The molecular formula is C36H43F6N7O2. The predicted octanol–water partition coefficient (Wildman–Crippen LogP) is 7.87. The summed E-state index contributed by atoms with van der Waals surface area (Å²) in [4.78, 5) is 25.5. The Morgan fingerprint density at radius 1 is 0.961 bits per heavy atom. The van der Waals surface area contributed by atoms with Crippen LogP contribution in [0.4, 0.5) is 32.2 Å². The fourth-order valence-electron chi connectivity index (χ4n) is 6.55. The summed E-state index contributed by atoms with van der Waals surface area (Å²) in [5.74, 6) is -0.979. The average molecular weight is 720 g/mol. The molecule has 0 saturated heterocycles. The Kier molecular flexibility index (Phi) is 9.43. The van der Waals surface area contributed by atoms with E-state index in [2.05, 4.69) is 15.2 Å². The fourth-order valence-corrected chi connectivity index (χ4v) is 6.55. The topological polar surface area (TPSA) is 98.9 Å². The molecule has 1 unspecified atom stereocenters. The number of aliphatic imine (C=N–C) groups is 1. The Morgan fingerprint density at radius 3 is 2.00 bits per heavy atom. The molecule has 0 bridgehead atoms. The van der Waals surface area contributed by atoms with E-state index in [-0.39, 0.29) is 36.7 Å².